The van der Waals surface area contributed by atoms with E-state index >= 15 is 0 Å². The Morgan fingerprint density at radius 1 is 1.12 bits per heavy atom. The molecule has 0 radical (unpaired) electrons. The molecular formula is C16H27N. The zero-order valence-corrected chi connectivity index (χ0v) is 12.0. The summed E-state index contributed by atoms with van der Waals surface area (Å²) in [5, 5.41) is 3.66. The lowest BCUT2D eigenvalue weighted by Crippen LogP contribution is -2.37. The smallest absolute Gasteiger partial charge is 0.00642 e. The van der Waals surface area contributed by atoms with Crippen molar-refractivity contribution in [2.24, 2.45) is 5.92 Å². The standard InChI is InChI=1S/C16H27N/c1-12(2)15(5)17-14(4)9-10-16-8-6-7-13(3)11-16/h6-8,11-12,14-15,17H,9-10H2,1-5H3. The molecule has 0 amide bonds. The maximum Gasteiger partial charge on any atom is 0.00642 e. The highest BCUT2D eigenvalue weighted by atomic mass is 14.9. The van der Waals surface area contributed by atoms with Crippen LogP contribution in [0.4, 0.5) is 0 Å². The highest BCUT2D eigenvalue weighted by molar-refractivity contribution is 5.22. The molecule has 1 rings (SSSR count). The van der Waals surface area contributed by atoms with E-state index in [0.717, 1.165) is 0 Å². The Bertz CT molecular complexity index is 330. The Morgan fingerprint density at radius 2 is 1.82 bits per heavy atom. The molecule has 0 spiro atoms. The largest absolute Gasteiger partial charge is 0.312 e. The van der Waals surface area contributed by atoms with Crippen molar-refractivity contribution in [2.75, 3.05) is 0 Å². The molecule has 2 atom stereocenters. The lowest BCUT2D eigenvalue weighted by Gasteiger charge is -2.23. The van der Waals surface area contributed by atoms with Crippen molar-refractivity contribution in [3.05, 3.63) is 35.4 Å². The molecular weight excluding hydrogens is 206 g/mol. The molecule has 0 aliphatic rings. The second-order valence-electron chi connectivity index (χ2n) is 5.63. The lowest BCUT2D eigenvalue weighted by molar-refractivity contribution is 0.373. The molecule has 1 heteroatoms. The van der Waals surface area contributed by atoms with Gasteiger partial charge in [-0.2, -0.15) is 0 Å². The average Bonchev–Trinajstić information content (AvgIpc) is 2.26. The highest BCUT2D eigenvalue weighted by Crippen LogP contribution is 2.09. The van der Waals surface area contributed by atoms with Crippen LogP contribution in [0.1, 0.15) is 45.2 Å². The fourth-order valence-corrected chi connectivity index (χ4v) is 1.98. The summed E-state index contributed by atoms with van der Waals surface area (Å²) < 4.78 is 0. The first kappa shape index (κ1) is 14.2. The monoisotopic (exact) mass is 233 g/mol. The molecule has 0 aromatic heterocycles. The van der Waals surface area contributed by atoms with Crippen molar-refractivity contribution < 1.29 is 0 Å². The van der Waals surface area contributed by atoms with Crippen LogP contribution >= 0.6 is 0 Å². The van der Waals surface area contributed by atoms with E-state index in [2.05, 4.69) is 64.2 Å². The highest BCUT2D eigenvalue weighted by Gasteiger charge is 2.10. The van der Waals surface area contributed by atoms with Crippen molar-refractivity contribution in [1.29, 1.82) is 0 Å². The average molecular weight is 233 g/mol. The van der Waals surface area contributed by atoms with Crippen LogP contribution in [0.15, 0.2) is 24.3 Å². The van der Waals surface area contributed by atoms with Crippen LogP contribution in [0.2, 0.25) is 0 Å². The number of hydrogen-bond acceptors (Lipinski definition) is 1. The van der Waals surface area contributed by atoms with E-state index in [9.17, 15) is 0 Å². The fourth-order valence-electron chi connectivity index (χ4n) is 1.98. The lowest BCUT2D eigenvalue weighted by atomic mass is 10.0. The van der Waals surface area contributed by atoms with Crippen molar-refractivity contribution in [3.8, 4) is 0 Å². The number of nitrogens with one attached hydrogen (secondary N) is 1. The van der Waals surface area contributed by atoms with Crippen molar-refractivity contribution in [2.45, 2.75) is 59.5 Å². The first-order chi connectivity index (χ1) is 7.99. The summed E-state index contributed by atoms with van der Waals surface area (Å²) in [6.45, 7) is 11.3. The van der Waals surface area contributed by atoms with Gasteiger partial charge in [-0.3, -0.25) is 0 Å². The number of aryl methyl sites for hydroxylation is 2. The Morgan fingerprint density at radius 3 is 2.41 bits per heavy atom. The molecule has 0 heterocycles. The van der Waals surface area contributed by atoms with Gasteiger partial charge in [-0.05, 0) is 45.1 Å². The number of hydrogen-bond donors (Lipinski definition) is 1. The predicted octanol–water partition coefficient (Wildman–Crippen LogP) is 3.95. The van der Waals surface area contributed by atoms with Gasteiger partial charge in [0, 0.05) is 12.1 Å². The Hall–Kier alpha value is -0.820. The molecule has 0 aliphatic heterocycles. The molecule has 96 valence electrons. The third kappa shape index (κ3) is 5.36. The van der Waals surface area contributed by atoms with E-state index in [1.165, 1.54) is 24.0 Å². The number of rotatable bonds is 6. The molecule has 1 N–H and O–H groups in total. The van der Waals surface area contributed by atoms with Crippen LogP contribution in [-0.2, 0) is 6.42 Å². The molecule has 0 saturated carbocycles. The summed E-state index contributed by atoms with van der Waals surface area (Å²) in [6.07, 6.45) is 2.38. The Labute approximate surface area is 107 Å². The quantitative estimate of drug-likeness (QED) is 0.784. The van der Waals surface area contributed by atoms with Crippen LogP contribution in [-0.4, -0.2) is 12.1 Å². The van der Waals surface area contributed by atoms with E-state index in [0.29, 0.717) is 18.0 Å². The maximum absolute atomic E-state index is 3.66. The van der Waals surface area contributed by atoms with Crippen LogP contribution in [0.25, 0.3) is 0 Å². The molecule has 1 aromatic rings. The second kappa shape index (κ2) is 6.80. The zero-order valence-electron chi connectivity index (χ0n) is 12.0. The summed E-state index contributed by atoms with van der Waals surface area (Å²) in [7, 11) is 0. The minimum absolute atomic E-state index is 0.591. The van der Waals surface area contributed by atoms with E-state index in [4.69, 9.17) is 0 Å². The predicted molar refractivity (Wildman–Crippen MR) is 76.4 cm³/mol. The summed E-state index contributed by atoms with van der Waals surface area (Å²) in [5.74, 6) is 0.705. The van der Waals surface area contributed by atoms with Gasteiger partial charge >= 0.3 is 0 Å². The first-order valence-electron chi connectivity index (χ1n) is 6.80. The van der Waals surface area contributed by atoms with Gasteiger partial charge in [0.05, 0.1) is 0 Å². The molecule has 0 fully saturated rings. The van der Waals surface area contributed by atoms with Crippen LogP contribution in [0, 0.1) is 12.8 Å². The van der Waals surface area contributed by atoms with Crippen LogP contribution in [0.3, 0.4) is 0 Å². The van der Waals surface area contributed by atoms with Gasteiger partial charge in [-0.25, -0.2) is 0 Å². The summed E-state index contributed by atoms with van der Waals surface area (Å²) in [6, 6.07) is 10.0. The molecule has 0 aliphatic carbocycles. The molecule has 0 saturated heterocycles. The summed E-state index contributed by atoms with van der Waals surface area (Å²) >= 11 is 0. The van der Waals surface area contributed by atoms with Crippen LogP contribution < -0.4 is 5.32 Å². The fraction of sp³-hybridized carbons (Fsp3) is 0.625. The zero-order chi connectivity index (χ0) is 12.8. The molecule has 1 aromatic carbocycles. The topological polar surface area (TPSA) is 12.0 Å². The van der Waals surface area contributed by atoms with E-state index < -0.39 is 0 Å². The van der Waals surface area contributed by atoms with Gasteiger partial charge in [-0.15, -0.1) is 0 Å². The first-order valence-corrected chi connectivity index (χ1v) is 6.80. The van der Waals surface area contributed by atoms with Crippen LogP contribution in [0.5, 0.6) is 0 Å². The summed E-state index contributed by atoms with van der Waals surface area (Å²) in [4.78, 5) is 0. The van der Waals surface area contributed by atoms with Gasteiger partial charge in [0.25, 0.3) is 0 Å². The Balaban J connectivity index is 2.35. The third-order valence-electron chi connectivity index (χ3n) is 3.50. The minimum atomic E-state index is 0.591. The number of benzene rings is 1. The normalized spacial score (nSPS) is 14.9. The van der Waals surface area contributed by atoms with Crippen molar-refractivity contribution in [3.63, 3.8) is 0 Å². The molecule has 17 heavy (non-hydrogen) atoms. The van der Waals surface area contributed by atoms with Gasteiger partial charge in [0.15, 0.2) is 0 Å². The van der Waals surface area contributed by atoms with Crippen molar-refractivity contribution >= 4 is 0 Å². The van der Waals surface area contributed by atoms with Gasteiger partial charge in [0.2, 0.25) is 0 Å². The SMILES string of the molecule is Cc1cccc(CCC(C)NC(C)C(C)C)c1. The third-order valence-corrected chi connectivity index (χ3v) is 3.50. The molecule has 2 unspecified atom stereocenters. The molecule has 0 bridgehead atoms. The van der Waals surface area contributed by atoms with E-state index in [1.807, 2.05) is 0 Å². The van der Waals surface area contributed by atoms with Gasteiger partial charge in [0.1, 0.15) is 0 Å². The minimum Gasteiger partial charge on any atom is -0.312 e. The van der Waals surface area contributed by atoms with E-state index in [1.54, 1.807) is 0 Å². The van der Waals surface area contributed by atoms with E-state index in [-0.39, 0.29) is 0 Å². The van der Waals surface area contributed by atoms with Crippen molar-refractivity contribution in [1.82, 2.24) is 5.32 Å². The maximum atomic E-state index is 3.66. The second-order valence-corrected chi connectivity index (χ2v) is 5.63. The molecule has 1 nitrogen and oxygen atoms in total. The Kier molecular flexibility index (Phi) is 5.70. The van der Waals surface area contributed by atoms with Gasteiger partial charge < -0.3 is 5.32 Å². The van der Waals surface area contributed by atoms with Gasteiger partial charge in [-0.1, -0.05) is 43.7 Å². The summed E-state index contributed by atoms with van der Waals surface area (Å²) in [5.41, 5.74) is 2.81.